The van der Waals surface area contributed by atoms with Gasteiger partial charge in [0.2, 0.25) is 0 Å². The van der Waals surface area contributed by atoms with Crippen molar-refractivity contribution in [2.24, 2.45) is 0 Å². The quantitative estimate of drug-likeness (QED) is 0.308. The predicted octanol–water partition coefficient (Wildman–Crippen LogP) is -1.35. The van der Waals surface area contributed by atoms with E-state index in [9.17, 15) is 19.2 Å². The molecule has 4 N–H and O–H groups in total. The summed E-state index contributed by atoms with van der Waals surface area (Å²) in [4.78, 5) is 39.9. The molecule has 5 nitrogen and oxygen atoms in total. The number of hydrogen-bond donors (Lipinski definition) is 4. The standard InChI is InChI=1S/C12H14O5Si2.4Y/c13-18(14,11-7-3-1-4-8-11)17-19(15,16)12-9-5-2-6-10-12;;;;/h1-10,13-16H;;;;. The third-order valence-corrected chi connectivity index (χ3v) is 7.03. The molecular weight excluding hydrogens is 636 g/mol. The van der Waals surface area contributed by atoms with Crippen LogP contribution >= 0.6 is 0 Å². The van der Waals surface area contributed by atoms with Crippen LogP contribution in [0.1, 0.15) is 0 Å². The van der Waals surface area contributed by atoms with Crippen LogP contribution < -0.4 is 10.4 Å². The first-order valence-electron chi connectivity index (χ1n) is 5.62. The third kappa shape index (κ3) is 9.72. The third-order valence-electron chi connectivity index (χ3n) is 2.58. The van der Waals surface area contributed by atoms with E-state index in [1.807, 2.05) is 0 Å². The molecule has 0 saturated carbocycles. The van der Waals surface area contributed by atoms with Crippen LogP contribution in [0.2, 0.25) is 0 Å². The molecule has 0 unspecified atom stereocenters. The van der Waals surface area contributed by atoms with Crippen LogP contribution in [0.5, 0.6) is 0 Å². The first kappa shape index (κ1) is 30.8. The van der Waals surface area contributed by atoms with E-state index in [4.69, 9.17) is 4.12 Å². The Hall–Kier alpha value is 3.09. The Kier molecular flexibility index (Phi) is 18.9. The minimum atomic E-state index is -4.34. The van der Waals surface area contributed by atoms with Crippen LogP contribution in [0.15, 0.2) is 60.7 Å². The molecule has 23 heavy (non-hydrogen) atoms. The van der Waals surface area contributed by atoms with Gasteiger partial charge in [-0.05, 0) is 0 Å². The molecule has 0 aromatic heterocycles. The van der Waals surface area contributed by atoms with Crippen LogP contribution in [0.4, 0.5) is 0 Å². The first-order chi connectivity index (χ1) is 8.92. The van der Waals surface area contributed by atoms with Crippen molar-refractivity contribution in [1.82, 2.24) is 0 Å². The van der Waals surface area contributed by atoms with E-state index in [1.165, 1.54) is 24.3 Å². The van der Waals surface area contributed by atoms with Gasteiger partial charge < -0.3 is 23.3 Å². The summed E-state index contributed by atoms with van der Waals surface area (Å²) in [5.41, 5.74) is 0. The molecule has 0 heterocycles. The maximum absolute atomic E-state index is 9.97. The van der Waals surface area contributed by atoms with Gasteiger partial charge in [0.1, 0.15) is 0 Å². The molecule has 0 aliphatic carbocycles. The van der Waals surface area contributed by atoms with Crippen LogP contribution in [0, 0.1) is 0 Å². The summed E-state index contributed by atoms with van der Waals surface area (Å²) < 4.78 is 4.90. The molecule has 112 valence electrons. The predicted molar refractivity (Wildman–Crippen MR) is 73.6 cm³/mol. The minimum Gasteiger partial charge on any atom is -0.387 e. The molecule has 2 rings (SSSR count). The van der Waals surface area contributed by atoms with Gasteiger partial charge in [0, 0.05) is 141 Å². The normalized spacial score (nSPS) is 10.3. The van der Waals surface area contributed by atoms with E-state index in [0.29, 0.717) is 0 Å². The van der Waals surface area contributed by atoms with Gasteiger partial charge in [0.05, 0.1) is 0 Å². The Morgan fingerprint density at radius 3 is 1.04 bits per heavy atom. The topological polar surface area (TPSA) is 90.2 Å². The van der Waals surface area contributed by atoms with Gasteiger partial charge in [-0.1, -0.05) is 60.7 Å². The molecule has 0 fully saturated rings. The molecule has 2 aromatic rings. The molecule has 0 aliphatic rings. The monoisotopic (exact) mass is 650 g/mol. The van der Waals surface area contributed by atoms with E-state index in [-0.39, 0.29) is 141 Å². The molecule has 0 saturated heterocycles. The summed E-state index contributed by atoms with van der Waals surface area (Å²) in [6.07, 6.45) is 0. The largest absolute Gasteiger partial charge is 0.524 e. The Morgan fingerprint density at radius 2 is 0.783 bits per heavy atom. The Morgan fingerprint density at radius 1 is 0.522 bits per heavy atom. The summed E-state index contributed by atoms with van der Waals surface area (Å²) in [6, 6.07) is 15.8. The van der Waals surface area contributed by atoms with Crippen molar-refractivity contribution in [2.45, 2.75) is 0 Å². The molecule has 0 spiro atoms. The van der Waals surface area contributed by atoms with Gasteiger partial charge in [0.25, 0.3) is 0 Å². The summed E-state index contributed by atoms with van der Waals surface area (Å²) in [5, 5.41) is 0.316. The summed E-state index contributed by atoms with van der Waals surface area (Å²) >= 11 is 0. The Labute approximate surface area is 238 Å². The fourth-order valence-electron chi connectivity index (χ4n) is 1.63. The minimum absolute atomic E-state index is 0. The van der Waals surface area contributed by atoms with Crippen molar-refractivity contribution in [2.75, 3.05) is 0 Å². The van der Waals surface area contributed by atoms with E-state index in [2.05, 4.69) is 0 Å². The zero-order chi connectivity index (χ0) is 13.9. The number of benzene rings is 2. The molecule has 11 heteroatoms. The number of hydrogen-bond acceptors (Lipinski definition) is 5. The van der Waals surface area contributed by atoms with Gasteiger partial charge in [-0.2, -0.15) is 0 Å². The van der Waals surface area contributed by atoms with Gasteiger partial charge in [0.15, 0.2) is 0 Å². The zero-order valence-electron chi connectivity index (χ0n) is 12.3. The van der Waals surface area contributed by atoms with E-state index >= 15 is 0 Å². The van der Waals surface area contributed by atoms with Crippen LogP contribution in [0.25, 0.3) is 0 Å². The van der Waals surface area contributed by atoms with Gasteiger partial charge >= 0.3 is 17.6 Å². The molecule has 2 aromatic carbocycles. The fraction of sp³-hybridized carbons (Fsp3) is 0. The Balaban J connectivity index is -0.000001000. The first-order valence-corrected chi connectivity index (χ1v) is 9.23. The second kappa shape index (κ2) is 14.1. The van der Waals surface area contributed by atoms with Gasteiger partial charge in [-0.15, -0.1) is 0 Å². The molecule has 0 amide bonds. The molecule has 0 atom stereocenters. The van der Waals surface area contributed by atoms with Crippen molar-refractivity contribution in [3.8, 4) is 0 Å². The summed E-state index contributed by atoms with van der Waals surface area (Å²) in [6.45, 7) is 0. The summed E-state index contributed by atoms with van der Waals surface area (Å²) in [5.74, 6) is 0. The number of rotatable bonds is 4. The fourth-order valence-corrected chi connectivity index (χ4v) is 5.41. The van der Waals surface area contributed by atoms with Crippen LogP contribution in [-0.2, 0) is 135 Å². The summed E-state index contributed by atoms with van der Waals surface area (Å²) in [7, 11) is -8.67. The average Bonchev–Trinajstić information content (AvgIpc) is 2.40. The maximum Gasteiger partial charge on any atom is 0.524 e. The van der Waals surface area contributed by atoms with Crippen molar-refractivity contribution in [3.63, 3.8) is 0 Å². The van der Waals surface area contributed by atoms with E-state index in [0.717, 1.165) is 0 Å². The molecule has 4 radical (unpaired) electrons. The molecular formula is C12H14O5Si2Y4. The second-order valence-corrected chi connectivity index (χ2v) is 8.45. The van der Waals surface area contributed by atoms with E-state index in [1.54, 1.807) is 36.4 Å². The van der Waals surface area contributed by atoms with Crippen molar-refractivity contribution in [1.29, 1.82) is 0 Å². The Bertz CT molecular complexity index is 496. The van der Waals surface area contributed by atoms with Crippen LogP contribution in [0.3, 0.4) is 0 Å². The van der Waals surface area contributed by atoms with Gasteiger partial charge in [-0.3, -0.25) is 0 Å². The van der Waals surface area contributed by atoms with Crippen molar-refractivity contribution < 1.29 is 154 Å². The van der Waals surface area contributed by atoms with Crippen molar-refractivity contribution >= 4 is 28.0 Å². The molecule has 0 aliphatic heterocycles. The van der Waals surface area contributed by atoms with Crippen molar-refractivity contribution in [3.05, 3.63) is 60.7 Å². The second-order valence-electron chi connectivity index (χ2n) is 4.05. The smallest absolute Gasteiger partial charge is 0.387 e. The van der Waals surface area contributed by atoms with Crippen LogP contribution in [-0.4, -0.2) is 36.8 Å². The maximum atomic E-state index is 9.97. The average molecular weight is 650 g/mol. The molecule has 0 bridgehead atoms. The van der Waals surface area contributed by atoms with E-state index < -0.39 is 17.6 Å². The SMILES string of the molecule is O[Si](O)(O[Si](O)(O)c1ccccc1)c1ccccc1.[Y].[Y].[Y].[Y]. The van der Waals surface area contributed by atoms with Gasteiger partial charge in [-0.25, -0.2) is 0 Å². The zero-order valence-corrected chi connectivity index (χ0v) is 25.6.